The molecule has 1 aromatic carbocycles. The average molecular weight is 276 g/mol. The zero-order chi connectivity index (χ0) is 13.1. The Kier molecular flexibility index (Phi) is 4.55. The number of hydrogen-bond acceptors (Lipinski definition) is 4. The zero-order valence-corrected chi connectivity index (χ0v) is 10.7. The number of aliphatic carboxylic acids is 1. The molecule has 0 aliphatic carbocycles. The second-order valence-electron chi connectivity index (χ2n) is 3.39. The number of carboxylic acids is 1. The van der Waals surface area contributed by atoms with Crippen molar-refractivity contribution in [3.05, 3.63) is 23.8 Å². The summed E-state index contributed by atoms with van der Waals surface area (Å²) in [6.45, 7) is 1.79. The summed E-state index contributed by atoms with van der Waals surface area (Å²) in [6, 6.07) is 4.23. The highest BCUT2D eigenvalue weighted by molar-refractivity contribution is 7.99. The molecule has 5 nitrogen and oxygen atoms in total. The Morgan fingerprint density at radius 3 is 2.59 bits per heavy atom. The molecule has 0 radical (unpaired) electrons. The summed E-state index contributed by atoms with van der Waals surface area (Å²) < 4.78 is 30.7. The number of benzene rings is 1. The Morgan fingerprint density at radius 1 is 1.41 bits per heavy atom. The van der Waals surface area contributed by atoms with Gasteiger partial charge in [-0.1, -0.05) is 6.07 Å². The molecule has 0 fully saturated rings. The third-order valence-electron chi connectivity index (χ3n) is 2.03. The number of rotatable bonds is 5. The van der Waals surface area contributed by atoms with Gasteiger partial charge in [0.05, 0.1) is 11.3 Å². The first-order valence-electron chi connectivity index (χ1n) is 4.73. The maximum atomic E-state index is 10.9. The van der Waals surface area contributed by atoms with E-state index in [1.807, 2.05) is 0 Å². The van der Waals surface area contributed by atoms with Crippen molar-refractivity contribution in [2.45, 2.75) is 23.1 Å². The van der Waals surface area contributed by atoms with Crippen LogP contribution in [0.1, 0.15) is 12.0 Å². The van der Waals surface area contributed by atoms with Gasteiger partial charge in [0, 0.05) is 10.6 Å². The monoisotopic (exact) mass is 276 g/mol. The van der Waals surface area contributed by atoms with E-state index in [4.69, 9.17) is 9.66 Å². The van der Waals surface area contributed by atoms with Gasteiger partial charge < -0.3 is 5.11 Å². The summed E-state index contributed by atoms with van der Waals surface area (Å²) in [6.07, 6.45) is 0.000208. The predicted molar refractivity (Wildman–Crippen MR) is 64.0 cm³/mol. The Bertz CT molecular complexity index is 521. The molecule has 0 bridgehead atoms. The summed E-state index contributed by atoms with van der Waals surface area (Å²) in [7, 11) is -4.21. The van der Waals surface area contributed by atoms with E-state index in [0.717, 1.165) is 5.56 Å². The summed E-state index contributed by atoms with van der Waals surface area (Å²) in [5, 5.41) is 8.50. The lowest BCUT2D eigenvalue weighted by molar-refractivity contribution is -0.136. The van der Waals surface area contributed by atoms with Crippen LogP contribution in [0, 0.1) is 6.92 Å². The van der Waals surface area contributed by atoms with E-state index in [2.05, 4.69) is 0 Å². The van der Waals surface area contributed by atoms with Gasteiger partial charge in [-0.15, -0.1) is 11.8 Å². The third-order valence-corrected chi connectivity index (χ3v) is 4.04. The molecule has 17 heavy (non-hydrogen) atoms. The van der Waals surface area contributed by atoms with Crippen LogP contribution in [0.5, 0.6) is 0 Å². The molecule has 0 aliphatic rings. The third kappa shape index (κ3) is 4.37. The fourth-order valence-corrected chi connectivity index (χ4v) is 2.73. The molecule has 0 unspecified atom stereocenters. The summed E-state index contributed by atoms with van der Waals surface area (Å²) in [5.41, 5.74) is 0.841. The molecule has 0 heterocycles. The molecular weight excluding hydrogens is 264 g/mol. The van der Waals surface area contributed by atoms with Crippen LogP contribution in [0.3, 0.4) is 0 Å². The number of carbonyl (C=O) groups is 1. The summed E-state index contributed by atoms with van der Waals surface area (Å²) >= 11 is 1.25. The van der Waals surface area contributed by atoms with Gasteiger partial charge in [0.15, 0.2) is 0 Å². The van der Waals surface area contributed by atoms with Gasteiger partial charge in [-0.3, -0.25) is 9.35 Å². The van der Waals surface area contributed by atoms with Crippen LogP contribution in [0.4, 0.5) is 0 Å². The first-order valence-corrected chi connectivity index (χ1v) is 7.16. The molecular formula is C10H12O5S2. The van der Waals surface area contributed by atoms with E-state index in [-0.39, 0.29) is 11.3 Å². The Morgan fingerprint density at radius 2 is 2.06 bits per heavy atom. The average Bonchev–Trinajstić information content (AvgIpc) is 2.18. The van der Waals surface area contributed by atoms with Gasteiger partial charge in [0.2, 0.25) is 0 Å². The van der Waals surface area contributed by atoms with Gasteiger partial charge in [-0.05, 0) is 24.6 Å². The van der Waals surface area contributed by atoms with E-state index >= 15 is 0 Å². The van der Waals surface area contributed by atoms with Crippen LogP contribution in [0.25, 0.3) is 0 Å². The molecule has 1 aromatic rings. The molecule has 0 amide bonds. The van der Waals surface area contributed by atoms with Gasteiger partial charge in [-0.2, -0.15) is 8.42 Å². The summed E-state index contributed by atoms with van der Waals surface area (Å²) in [5.74, 6) is -0.549. The normalized spacial score (nSPS) is 11.4. The molecule has 0 aliphatic heterocycles. The molecule has 1 rings (SSSR count). The minimum atomic E-state index is -4.21. The SMILES string of the molecule is Cc1ccc(S(=O)(=O)O)cc1SCCC(=O)O. The molecule has 0 atom stereocenters. The molecule has 94 valence electrons. The lowest BCUT2D eigenvalue weighted by Gasteiger charge is -2.06. The minimum absolute atomic E-state index is 0.000208. The minimum Gasteiger partial charge on any atom is -0.481 e. The molecule has 0 saturated carbocycles. The highest BCUT2D eigenvalue weighted by atomic mass is 32.2. The van der Waals surface area contributed by atoms with Gasteiger partial charge in [-0.25, -0.2) is 0 Å². The van der Waals surface area contributed by atoms with Crippen molar-refractivity contribution in [1.29, 1.82) is 0 Å². The van der Waals surface area contributed by atoms with E-state index in [1.54, 1.807) is 13.0 Å². The van der Waals surface area contributed by atoms with Gasteiger partial charge in [0.25, 0.3) is 10.1 Å². The highest BCUT2D eigenvalue weighted by Gasteiger charge is 2.11. The van der Waals surface area contributed by atoms with Crippen molar-refractivity contribution in [2.75, 3.05) is 5.75 Å². The highest BCUT2D eigenvalue weighted by Crippen LogP contribution is 2.25. The quantitative estimate of drug-likeness (QED) is 0.629. The standard InChI is InChI=1S/C10H12O5S2/c1-7-2-3-8(17(13,14)15)6-9(7)16-5-4-10(11)12/h2-3,6H,4-5H2,1H3,(H,11,12)(H,13,14,15). The van der Waals surface area contributed by atoms with Crippen molar-refractivity contribution in [3.63, 3.8) is 0 Å². The maximum Gasteiger partial charge on any atom is 0.304 e. The fraction of sp³-hybridized carbons (Fsp3) is 0.300. The Labute approximate surface area is 104 Å². The number of hydrogen-bond donors (Lipinski definition) is 2. The second-order valence-corrected chi connectivity index (χ2v) is 5.95. The van der Waals surface area contributed by atoms with Crippen LogP contribution >= 0.6 is 11.8 Å². The second kappa shape index (κ2) is 5.52. The predicted octanol–water partition coefficient (Wildman–Crippen LogP) is 1.81. The lowest BCUT2D eigenvalue weighted by Crippen LogP contribution is -1.99. The molecule has 7 heteroatoms. The van der Waals surface area contributed by atoms with Crippen molar-refractivity contribution in [2.24, 2.45) is 0 Å². The maximum absolute atomic E-state index is 10.9. The van der Waals surface area contributed by atoms with Crippen LogP contribution in [0.2, 0.25) is 0 Å². The van der Waals surface area contributed by atoms with Crippen molar-refractivity contribution in [1.82, 2.24) is 0 Å². The zero-order valence-electron chi connectivity index (χ0n) is 9.08. The number of carboxylic acid groups (broad SMARTS) is 1. The smallest absolute Gasteiger partial charge is 0.304 e. The number of thioether (sulfide) groups is 1. The van der Waals surface area contributed by atoms with E-state index in [1.165, 1.54) is 23.9 Å². The largest absolute Gasteiger partial charge is 0.481 e. The van der Waals surface area contributed by atoms with Crippen molar-refractivity contribution < 1.29 is 22.9 Å². The molecule has 0 spiro atoms. The van der Waals surface area contributed by atoms with E-state index in [0.29, 0.717) is 10.6 Å². The number of aryl methyl sites for hydroxylation is 1. The van der Waals surface area contributed by atoms with Crippen LogP contribution in [0.15, 0.2) is 28.0 Å². The lowest BCUT2D eigenvalue weighted by atomic mass is 10.2. The fourth-order valence-electron chi connectivity index (χ4n) is 1.14. The topological polar surface area (TPSA) is 91.7 Å². The molecule has 2 N–H and O–H groups in total. The van der Waals surface area contributed by atoms with Crippen LogP contribution < -0.4 is 0 Å². The Hall–Kier alpha value is -1.05. The van der Waals surface area contributed by atoms with E-state index < -0.39 is 16.1 Å². The van der Waals surface area contributed by atoms with Gasteiger partial charge in [0.1, 0.15) is 0 Å². The first kappa shape index (κ1) is 14.0. The summed E-state index contributed by atoms with van der Waals surface area (Å²) in [4.78, 5) is 10.8. The van der Waals surface area contributed by atoms with Gasteiger partial charge >= 0.3 is 5.97 Å². The van der Waals surface area contributed by atoms with Crippen molar-refractivity contribution in [3.8, 4) is 0 Å². The van der Waals surface area contributed by atoms with Crippen LogP contribution in [-0.2, 0) is 14.9 Å². The Balaban J connectivity index is 2.88. The molecule has 0 aromatic heterocycles. The van der Waals surface area contributed by atoms with Crippen molar-refractivity contribution >= 4 is 27.8 Å². The molecule has 0 saturated heterocycles. The van der Waals surface area contributed by atoms with E-state index in [9.17, 15) is 13.2 Å². The van der Waals surface area contributed by atoms with Crippen LogP contribution in [-0.4, -0.2) is 29.8 Å². The first-order chi connectivity index (χ1) is 7.80.